The summed E-state index contributed by atoms with van der Waals surface area (Å²) < 4.78 is 0. The normalized spacial score (nSPS) is 10.6. The SMILES string of the molecule is CCCNCCNC(=O)Cn1nnc(-c2ccc(Cl)cc2)n1. The van der Waals surface area contributed by atoms with Crippen LogP contribution >= 0.6 is 11.6 Å². The molecule has 118 valence electrons. The van der Waals surface area contributed by atoms with Gasteiger partial charge in [-0.05, 0) is 42.4 Å². The summed E-state index contributed by atoms with van der Waals surface area (Å²) in [5.41, 5.74) is 0.805. The Labute approximate surface area is 134 Å². The second-order valence-electron chi connectivity index (χ2n) is 4.75. The molecule has 2 aromatic rings. The summed E-state index contributed by atoms with van der Waals surface area (Å²) in [4.78, 5) is 13.0. The fourth-order valence-corrected chi connectivity index (χ4v) is 1.93. The predicted molar refractivity (Wildman–Crippen MR) is 84.4 cm³/mol. The van der Waals surface area contributed by atoms with E-state index in [2.05, 4.69) is 33.0 Å². The van der Waals surface area contributed by atoms with Crippen molar-refractivity contribution < 1.29 is 4.79 Å². The largest absolute Gasteiger partial charge is 0.353 e. The summed E-state index contributed by atoms with van der Waals surface area (Å²) in [5, 5.41) is 18.7. The smallest absolute Gasteiger partial charge is 0.243 e. The van der Waals surface area contributed by atoms with Crippen LogP contribution in [0.5, 0.6) is 0 Å². The summed E-state index contributed by atoms with van der Waals surface area (Å²) >= 11 is 5.83. The zero-order valence-electron chi connectivity index (χ0n) is 12.4. The second-order valence-corrected chi connectivity index (χ2v) is 5.19. The van der Waals surface area contributed by atoms with Gasteiger partial charge in [0.25, 0.3) is 0 Å². The number of hydrogen-bond donors (Lipinski definition) is 2. The van der Waals surface area contributed by atoms with Gasteiger partial charge in [-0.2, -0.15) is 4.80 Å². The molecule has 0 unspecified atom stereocenters. The maximum atomic E-state index is 11.8. The first-order valence-electron chi connectivity index (χ1n) is 7.20. The van der Waals surface area contributed by atoms with E-state index in [9.17, 15) is 4.79 Å². The zero-order chi connectivity index (χ0) is 15.8. The lowest BCUT2D eigenvalue weighted by Crippen LogP contribution is -2.34. The van der Waals surface area contributed by atoms with Crippen LogP contribution in [0, 0.1) is 0 Å². The van der Waals surface area contributed by atoms with Crippen LogP contribution in [0.4, 0.5) is 0 Å². The van der Waals surface area contributed by atoms with Crippen LogP contribution in [0.25, 0.3) is 11.4 Å². The third-order valence-corrected chi connectivity index (χ3v) is 3.14. The molecule has 0 radical (unpaired) electrons. The Kier molecular flexibility index (Phi) is 6.29. The summed E-state index contributed by atoms with van der Waals surface area (Å²) in [5.74, 6) is 0.326. The Morgan fingerprint density at radius 2 is 2.00 bits per heavy atom. The van der Waals surface area contributed by atoms with E-state index in [0.29, 0.717) is 17.4 Å². The van der Waals surface area contributed by atoms with Gasteiger partial charge in [0, 0.05) is 23.7 Å². The van der Waals surface area contributed by atoms with Crippen molar-refractivity contribution in [1.29, 1.82) is 0 Å². The molecule has 0 saturated heterocycles. The molecule has 8 heteroatoms. The first kappa shape index (κ1) is 16.4. The highest BCUT2D eigenvalue weighted by Gasteiger charge is 2.08. The van der Waals surface area contributed by atoms with E-state index in [1.807, 2.05) is 12.1 Å². The van der Waals surface area contributed by atoms with Crippen LogP contribution in [-0.2, 0) is 11.3 Å². The monoisotopic (exact) mass is 322 g/mol. The van der Waals surface area contributed by atoms with E-state index in [0.717, 1.165) is 25.1 Å². The van der Waals surface area contributed by atoms with E-state index in [1.54, 1.807) is 12.1 Å². The van der Waals surface area contributed by atoms with Gasteiger partial charge in [-0.1, -0.05) is 18.5 Å². The Morgan fingerprint density at radius 1 is 1.23 bits per heavy atom. The third kappa shape index (κ3) is 5.09. The van der Waals surface area contributed by atoms with E-state index < -0.39 is 0 Å². The van der Waals surface area contributed by atoms with Crippen molar-refractivity contribution in [1.82, 2.24) is 30.8 Å². The molecule has 0 spiro atoms. The second kappa shape index (κ2) is 8.45. The highest BCUT2D eigenvalue weighted by molar-refractivity contribution is 6.30. The molecule has 0 atom stereocenters. The number of nitrogens with one attached hydrogen (secondary N) is 2. The molecular weight excluding hydrogens is 304 g/mol. The number of nitrogens with zero attached hydrogens (tertiary/aromatic N) is 4. The minimum atomic E-state index is -0.140. The molecule has 1 amide bonds. The summed E-state index contributed by atoms with van der Waals surface area (Å²) in [6.45, 7) is 4.43. The number of rotatable bonds is 8. The molecule has 0 aliphatic carbocycles. The minimum Gasteiger partial charge on any atom is -0.353 e. The van der Waals surface area contributed by atoms with E-state index in [-0.39, 0.29) is 12.5 Å². The topological polar surface area (TPSA) is 84.7 Å². The van der Waals surface area contributed by atoms with Crippen LogP contribution in [0.1, 0.15) is 13.3 Å². The molecule has 0 aliphatic heterocycles. The molecular formula is C14H19ClN6O. The maximum absolute atomic E-state index is 11.8. The van der Waals surface area contributed by atoms with E-state index >= 15 is 0 Å². The van der Waals surface area contributed by atoms with Gasteiger partial charge in [0.15, 0.2) is 0 Å². The van der Waals surface area contributed by atoms with Crippen LogP contribution < -0.4 is 10.6 Å². The molecule has 1 heterocycles. The van der Waals surface area contributed by atoms with Gasteiger partial charge >= 0.3 is 0 Å². The van der Waals surface area contributed by atoms with Crippen molar-refractivity contribution in [2.75, 3.05) is 19.6 Å². The van der Waals surface area contributed by atoms with Crippen molar-refractivity contribution in [3.8, 4) is 11.4 Å². The highest BCUT2D eigenvalue weighted by Crippen LogP contribution is 2.16. The van der Waals surface area contributed by atoms with Gasteiger partial charge in [-0.25, -0.2) is 0 Å². The summed E-state index contributed by atoms with van der Waals surface area (Å²) in [6, 6.07) is 7.13. The quantitative estimate of drug-likeness (QED) is 0.711. The number of halogens is 1. The predicted octanol–water partition coefficient (Wildman–Crippen LogP) is 1.11. The molecule has 0 bridgehead atoms. The van der Waals surface area contributed by atoms with Gasteiger partial charge in [0.1, 0.15) is 6.54 Å². The number of amides is 1. The van der Waals surface area contributed by atoms with Crippen LogP contribution in [0.2, 0.25) is 5.02 Å². The summed E-state index contributed by atoms with van der Waals surface area (Å²) in [7, 11) is 0. The molecule has 1 aromatic carbocycles. The molecule has 7 nitrogen and oxygen atoms in total. The van der Waals surface area contributed by atoms with Crippen molar-refractivity contribution in [2.45, 2.75) is 19.9 Å². The zero-order valence-corrected chi connectivity index (χ0v) is 13.2. The molecule has 0 fully saturated rings. The van der Waals surface area contributed by atoms with Gasteiger partial charge in [0.05, 0.1) is 0 Å². The molecule has 1 aromatic heterocycles. The number of carbonyl (C=O) groups excluding carboxylic acids is 1. The third-order valence-electron chi connectivity index (χ3n) is 2.89. The Balaban J connectivity index is 1.81. The van der Waals surface area contributed by atoms with Crippen molar-refractivity contribution in [3.05, 3.63) is 29.3 Å². The maximum Gasteiger partial charge on any atom is 0.243 e. The van der Waals surface area contributed by atoms with Crippen molar-refractivity contribution in [2.24, 2.45) is 0 Å². The first-order chi connectivity index (χ1) is 10.7. The average Bonchev–Trinajstić information content (AvgIpc) is 2.96. The van der Waals surface area contributed by atoms with E-state index in [4.69, 9.17) is 11.6 Å². The number of hydrogen-bond acceptors (Lipinski definition) is 5. The first-order valence-corrected chi connectivity index (χ1v) is 7.58. The van der Waals surface area contributed by atoms with Gasteiger partial charge in [0.2, 0.25) is 11.7 Å². The lowest BCUT2D eigenvalue weighted by molar-refractivity contribution is -0.122. The van der Waals surface area contributed by atoms with Crippen molar-refractivity contribution in [3.63, 3.8) is 0 Å². The highest BCUT2D eigenvalue weighted by atomic mass is 35.5. The Hall–Kier alpha value is -1.99. The molecule has 0 saturated carbocycles. The van der Waals surface area contributed by atoms with Gasteiger partial charge < -0.3 is 10.6 Å². The minimum absolute atomic E-state index is 0.0500. The van der Waals surface area contributed by atoms with Crippen molar-refractivity contribution >= 4 is 17.5 Å². The number of tetrazole rings is 1. The lowest BCUT2D eigenvalue weighted by atomic mass is 10.2. The lowest BCUT2D eigenvalue weighted by Gasteiger charge is -2.05. The standard InChI is InChI=1S/C14H19ClN6O/c1-2-7-16-8-9-17-13(22)10-21-19-14(18-20-21)11-3-5-12(15)6-4-11/h3-6,16H,2,7-10H2,1H3,(H,17,22). The summed E-state index contributed by atoms with van der Waals surface area (Å²) in [6.07, 6.45) is 1.07. The molecule has 2 rings (SSSR count). The Bertz CT molecular complexity index is 598. The van der Waals surface area contributed by atoms with E-state index in [1.165, 1.54) is 4.80 Å². The number of benzene rings is 1. The van der Waals surface area contributed by atoms with Crippen LogP contribution in [-0.4, -0.2) is 45.7 Å². The van der Waals surface area contributed by atoms with Gasteiger partial charge in [-0.3, -0.25) is 4.79 Å². The number of carbonyl (C=O) groups is 1. The Morgan fingerprint density at radius 3 is 2.73 bits per heavy atom. The number of aromatic nitrogens is 4. The van der Waals surface area contributed by atoms with Crippen LogP contribution in [0.15, 0.2) is 24.3 Å². The van der Waals surface area contributed by atoms with Crippen LogP contribution in [0.3, 0.4) is 0 Å². The molecule has 22 heavy (non-hydrogen) atoms. The molecule has 2 N–H and O–H groups in total. The average molecular weight is 323 g/mol. The molecule has 0 aliphatic rings. The fraction of sp³-hybridized carbons (Fsp3) is 0.429. The van der Waals surface area contributed by atoms with Gasteiger partial charge in [-0.15, -0.1) is 10.2 Å². The fourth-order valence-electron chi connectivity index (χ4n) is 1.80.